The molecule has 3 heteroatoms. The van der Waals surface area contributed by atoms with Gasteiger partial charge >= 0.3 is 0 Å². The van der Waals surface area contributed by atoms with Crippen LogP contribution in [0.25, 0.3) is 0 Å². The predicted octanol–water partition coefficient (Wildman–Crippen LogP) is 6.82. The molecule has 2 aromatic carbocycles. The number of hydrogen-bond donors (Lipinski definition) is 0. The average molecular weight is 447 g/mol. The molecule has 6 atom stereocenters. The molecule has 0 N–H and O–H groups in total. The Morgan fingerprint density at radius 1 is 0.667 bits per heavy atom. The molecule has 0 spiro atoms. The van der Waals surface area contributed by atoms with Crippen LogP contribution in [0.15, 0.2) is 36.4 Å². The lowest BCUT2D eigenvalue weighted by molar-refractivity contribution is 0.356. The Hall–Kier alpha value is -1.84. The number of ether oxygens (including phenoxy) is 3. The van der Waals surface area contributed by atoms with Crippen molar-refractivity contribution in [1.29, 1.82) is 0 Å². The largest absolute Gasteiger partial charge is 0.457 e. The highest BCUT2D eigenvalue weighted by atomic mass is 16.6. The zero-order chi connectivity index (χ0) is 22.4. The van der Waals surface area contributed by atoms with Gasteiger partial charge in [0.1, 0.15) is 11.5 Å². The molecule has 2 aliphatic heterocycles. The van der Waals surface area contributed by atoms with Gasteiger partial charge in [0, 0.05) is 0 Å². The van der Waals surface area contributed by atoms with Crippen molar-refractivity contribution in [3.8, 4) is 11.5 Å². The Morgan fingerprint density at radius 3 is 1.58 bits per heavy atom. The molecule has 3 nitrogen and oxygen atoms in total. The molecule has 2 saturated heterocycles. The number of aryl methyl sites for hydroxylation is 2. The van der Waals surface area contributed by atoms with E-state index in [0.29, 0.717) is 36.3 Å². The van der Waals surface area contributed by atoms with Gasteiger partial charge in [-0.2, -0.15) is 0 Å². The molecule has 4 fully saturated rings. The molecule has 33 heavy (non-hydrogen) atoms. The summed E-state index contributed by atoms with van der Waals surface area (Å²) in [5, 5.41) is 0. The predicted molar refractivity (Wildman–Crippen MR) is 131 cm³/mol. The summed E-state index contributed by atoms with van der Waals surface area (Å²) in [5.74, 6) is 3.51. The normalized spacial score (nSPS) is 32.1. The van der Waals surface area contributed by atoms with Crippen molar-refractivity contribution in [2.24, 2.45) is 11.8 Å². The second-order valence-electron chi connectivity index (χ2n) is 10.9. The maximum absolute atomic E-state index is 6.73. The second kappa shape index (κ2) is 9.07. The summed E-state index contributed by atoms with van der Waals surface area (Å²) in [5.41, 5.74) is 5.54. The van der Waals surface area contributed by atoms with Crippen LogP contribution in [0.2, 0.25) is 0 Å². The molecule has 0 aromatic heterocycles. The molecule has 6 rings (SSSR count). The number of fused-ring (bicyclic) bond motifs is 2. The highest BCUT2D eigenvalue weighted by molar-refractivity contribution is 5.45. The molecule has 2 saturated carbocycles. The first-order chi connectivity index (χ1) is 16.2. The minimum atomic E-state index is 0.529. The van der Waals surface area contributed by atoms with Crippen molar-refractivity contribution in [2.75, 3.05) is 0 Å². The maximum atomic E-state index is 6.73. The third-order valence-electron chi connectivity index (χ3n) is 8.53. The third kappa shape index (κ3) is 4.86. The van der Waals surface area contributed by atoms with Crippen LogP contribution in [0, 0.1) is 11.8 Å². The fourth-order valence-corrected chi connectivity index (χ4v) is 6.31. The Labute approximate surface area is 198 Å². The lowest BCUT2D eigenvalue weighted by Crippen LogP contribution is -2.16. The van der Waals surface area contributed by atoms with Crippen molar-refractivity contribution >= 4 is 0 Å². The molecule has 2 aromatic rings. The summed E-state index contributed by atoms with van der Waals surface area (Å²) in [6.07, 6.45) is 13.9. The van der Waals surface area contributed by atoms with Crippen molar-refractivity contribution in [1.82, 2.24) is 0 Å². The standard InChI is InChI=1S/C30H38O3/c1-3-19-5-9-25(23(13-19)15-21-7-11-27-29(17-21)32-27)31-26-10-6-20(4-2)14-24(26)16-22-8-12-28-30(18-22)33-28/h5-6,9-10,13-14,21-22,27-30H,3-4,7-8,11-12,15-18H2,1-2H3. The highest BCUT2D eigenvalue weighted by Crippen LogP contribution is 2.43. The molecule has 2 heterocycles. The van der Waals surface area contributed by atoms with Crippen LogP contribution in [0.4, 0.5) is 0 Å². The number of benzene rings is 2. The first-order valence-corrected chi connectivity index (χ1v) is 13.4. The van der Waals surface area contributed by atoms with Gasteiger partial charge in [0.2, 0.25) is 0 Å². The van der Waals surface area contributed by atoms with E-state index in [2.05, 4.69) is 50.2 Å². The van der Waals surface area contributed by atoms with Gasteiger partial charge < -0.3 is 14.2 Å². The number of epoxide rings is 2. The van der Waals surface area contributed by atoms with E-state index in [1.807, 2.05) is 0 Å². The van der Waals surface area contributed by atoms with Crippen molar-refractivity contribution in [2.45, 2.75) is 102 Å². The zero-order valence-corrected chi connectivity index (χ0v) is 20.2. The van der Waals surface area contributed by atoms with Crippen LogP contribution in [0.5, 0.6) is 11.5 Å². The van der Waals surface area contributed by atoms with E-state index in [1.165, 1.54) is 60.8 Å². The quantitative estimate of drug-likeness (QED) is 0.417. The minimum absolute atomic E-state index is 0.529. The summed E-state index contributed by atoms with van der Waals surface area (Å²) in [7, 11) is 0. The minimum Gasteiger partial charge on any atom is -0.457 e. The molecule has 0 bridgehead atoms. The molecule has 0 radical (unpaired) electrons. The summed E-state index contributed by atoms with van der Waals surface area (Å²) < 4.78 is 18.3. The Morgan fingerprint density at radius 2 is 1.15 bits per heavy atom. The summed E-state index contributed by atoms with van der Waals surface area (Å²) in [6.45, 7) is 4.48. The fraction of sp³-hybridized carbons (Fsp3) is 0.600. The van der Waals surface area contributed by atoms with Gasteiger partial charge in [0.25, 0.3) is 0 Å². The first kappa shape index (κ1) is 21.7. The van der Waals surface area contributed by atoms with Crippen LogP contribution < -0.4 is 4.74 Å². The topological polar surface area (TPSA) is 34.3 Å². The second-order valence-corrected chi connectivity index (χ2v) is 10.9. The van der Waals surface area contributed by atoms with Crippen molar-refractivity contribution < 1.29 is 14.2 Å². The SMILES string of the molecule is CCc1ccc(Oc2ccc(CC)cc2CC2CCC3OC3C2)c(CC2CCC3OC3C2)c1. The first-order valence-electron chi connectivity index (χ1n) is 13.4. The fourth-order valence-electron chi connectivity index (χ4n) is 6.31. The van der Waals surface area contributed by atoms with E-state index in [0.717, 1.165) is 37.2 Å². The van der Waals surface area contributed by atoms with E-state index in [-0.39, 0.29) is 0 Å². The number of hydrogen-bond acceptors (Lipinski definition) is 3. The Kier molecular flexibility index (Phi) is 5.96. The smallest absolute Gasteiger partial charge is 0.130 e. The highest BCUT2D eigenvalue weighted by Gasteiger charge is 2.44. The van der Waals surface area contributed by atoms with Crippen molar-refractivity contribution in [3.63, 3.8) is 0 Å². The van der Waals surface area contributed by atoms with Gasteiger partial charge in [-0.3, -0.25) is 0 Å². The molecule has 2 aliphatic carbocycles. The number of rotatable bonds is 8. The molecule has 0 amide bonds. The lowest BCUT2D eigenvalue weighted by atomic mass is 9.84. The molecule has 6 unspecified atom stereocenters. The van der Waals surface area contributed by atoms with Gasteiger partial charge in [-0.25, -0.2) is 0 Å². The lowest BCUT2D eigenvalue weighted by Gasteiger charge is -2.23. The van der Waals surface area contributed by atoms with Gasteiger partial charge in [0.05, 0.1) is 24.4 Å². The molecular formula is C30H38O3. The maximum Gasteiger partial charge on any atom is 0.130 e. The van der Waals surface area contributed by atoms with E-state index in [9.17, 15) is 0 Å². The Bertz CT molecular complexity index is 919. The van der Waals surface area contributed by atoms with Gasteiger partial charge in [-0.15, -0.1) is 0 Å². The Balaban J connectivity index is 1.24. The average Bonchev–Trinajstić information content (AvgIpc) is 3.75. The van der Waals surface area contributed by atoms with Gasteiger partial charge in [0.15, 0.2) is 0 Å². The van der Waals surface area contributed by atoms with E-state index in [4.69, 9.17) is 14.2 Å². The van der Waals surface area contributed by atoms with Crippen LogP contribution in [0.3, 0.4) is 0 Å². The molecule has 176 valence electrons. The van der Waals surface area contributed by atoms with Crippen LogP contribution in [-0.4, -0.2) is 24.4 Å². The molecular weight excluding hydrogens is 408 g/mol. The van der Waals surface area contributed by atoms with Crippen LogP contribution in [0.1, 0.15) is 74.6 Å². The van der Waals surface area contributed by atoms with E-state index < -0.39 is 0 Å². The monoisotopic (exact) mass is 446 g/mol. The van der Waals surface area contributed by atoms with Crippen LogP contribution in [-0.2, 0) is 35.2 Å². The van der Waals surface area contributed by atoms with Gasteiger partial charge in [-0.05, 0) is 110 Å². The zero-order valence-electron chi connectivity index (χ0n) is 20.2. The van der Waals surface area contributed by atoms with Crippen molar-refractivity contribution in [3.05, 3.63) is 58.7 Å². The summed E-state index contributed by atoms with van der Waals surface area (Å²) in [6, 6.07) is 13.7. The van der Waals surface area contributed by atoms with E-state index >= 15 is 0 Å². The molecule has 4 aliphatic rings. The van der Waals surface area contributed by atoms with Gasteiger partial charge in [-0.1, -0.05) is 38.1 Å². The van der Waals surface area contributed by atoms with Crippen LogP contribution >= 0.6 is 0 Å². The van der Waals surface area contributed by atoms with E-state index in [1.54, 1.807) is 0 Å². The third-order valence-corrected chi connectivity index (χ3v) is 8.53. The summed E-state index contributed by atoms with van der Waals surface area (Å²) in [4.78, 5) is 0. The summed E-state index contributed by atoms with van der Waals surface area (Å²) >= 11 is 0.